The average molecular weight is 390 g/mol. The minimum atomic E-state index is -0.196. The zero-order valence-corrected chi connectivity index (χ0v) is 17.0. The third kappa shape index (κ3) is 4.05. The number of thiophene rings is 1. The number of carbonyl (C=O) groups is 2. The van der Waals surface area contributed by atoms with Crippen molar-refractivity contribution >= 4 is 39.1 Å². The molecule has 1 unspecified atom stereocenters. The van der Waals surface area contributed by atoms with E-state index in [0.717, 1.165) is 42.3 Å². The number of hydrogen-bond donors (Lipinski definition) is 2. The Kier molecular flexibility index (Phi) is 5.94. The molecule has 3 rings (SSSR count). The molecule has 1 aliphatic rings. The number of unbranched alkanes of at least 4 members (excludes halogenated alkanes) is 2. The van der Waals surface area contributed by atoms with Crippen LogP contribution in [0, 0.1) is 13.8 Å². The van der Waals surface area contributed by atoms with Gasteiger partial charge in [0.2, 0.25) is 5.91 Å². The number of amides is 2. The molecule has 0 aliphatic carbocycles. The highest BCUT2D eigenvalue weighted by Gasteiger charge is 2.28. The molecule has 1 fully saturated rings. The lowest BCUT2D eigenvalue weighted by atomic mass is 10.1. The molecule has 7 nitrogen and oxygen atoms in total. The van der Waals surface area contributed by atoms with Crippen LogP contribution in [-0.2, 0) is 4.79 Å². The van der Waals surface area contributed by atoms with Gasteiger partial charge in [0.25, 0.3) is 5.91 Å². The summed E-state index contributed by atoms with van der Waals surface area (Å²) in [4.78, 5) is 28.0. The van der Waals surface area contributed by atoms with E-state index in [2.05, 4.69) is 22.4 Å². The highest BCUT2D eigenvalue weighted by molar-refractivity contribution is 7.21. The molecule has 0 radical (unpaired) electrons. The number of nitrogens with two attached hydrogens (primary N) is 1. The first-order valence-electron chi connectivity index (χ1n) is 9.52. The number of rotatable bonds is 6. The van der Waals surface area contributed by atoms with E-state index in [1.807, 2.05) is 18.7 Å². The molecule has 2 amide bonds. The Hall–Kier alpha value is -2.22. The Bertz CT molecular complexity index is 863. The summed E-state index contributed by atoms with van der Waals surface area (Å²) >= 11 is 1.27. The number of carbonyl (C=O) groups excluding carboxylic acids is 2. The zero-order valence-electron chi connectivity index (χ0n) is 16.2. The molecule has 2 aromatic rings. The number of hydrogen-bond acceptors (Lipinski definition) is 6. The smallest absolute Gasteiger partial charge is 0.263 e. The van der Waals surface area contributed by atoms with Crippen LogP contribution in [0.2, 0.25) is 0 Å². The van der Waals surface area contributed by atoms with Gasteiger partial charge in [-0.05, 0) is 32.3 Å². The normalized spacial score (nSPS) is 16.9. The molecule has 8 heteroatoms. The van der Waals surface area contributed by atoms with Crippen LogP contribution in [0.3, 0.4) is 0 Å². The number of anilines is 1. The first-order chi connectivity index (χ1) is 12.9. The number of nitrogens with zero attached hydrogens (tertiary/aromatic N) is 3. The fourth-order valence-corrected chi connectivity index (χ4v) is 4.45. The molecule has 3 N–H and O–H groups in total. The van der Waals surface area contributed by atoms with Crippen LogP contribution in [-0.4, -0.2) is 46.0 Å². The SMILES string of the molecule is CCCCCC(=O)N1CCC(NC(=O)c2sc3nnc(C)c(C)c3c2N)C1. The molecule has 0 saturated carbocycles. The lowest BCUT2D eigenvalue weighted by Gasteiger charge is -2.17. The van der Waals surface area contributed by atoms with E-state index in [0.29, 0.717) is 34.9 Å². The fourth-order valence-electron chi connectivity index (χ4n) is 3.45. The zero-order chi connectivity index (χ0) is 19.6. The van der Waals surface area contributed by atoms with Gasteiger partial charge in [0.15, 0.2) is 0 Å². The van der Waals surface area contributed by atoms with Crippen molar-refractivity contribution in [1.29, 1.82) is 0 Å². The van der Waals surface area contributed by atoms with Crippen molar-refractivity contribution in [2.75, 3.05) is 18.8 Å². The van der Waals surface area contributed by atoms with Gasteiger partial charge < -0.3 is 16.0 Å². The van der Waals surface area contributed by atoms with Crippen LogP contribution in [0.15, 0.2) is 0 Å². The van der Waals surface area contributed by atoms with Crippen molar-refractivity contribution in [3.05, 3.63) is 16.1 Å². The van der Waals surface area contributed by atoms with E-state index in [-0.39, 0.29) is 17.9 Å². The van der Waals surface area contributed by atoms with Crippen molar-refractivity contribution in [1.82, 2.24) is 20.4 Å². The predicted molar refractivity (Wildman–Crippen MR) is 108 cm³/mol. The van der Waals surface area contributed by atoms with Gasteiger partial charge in [-0.25, -0.2) is 0 Å². The van der Waals surface area contributed by atoms with Gasteiger partial charge in [0.05, 0.1) is 11.4 Å². The molecule has 146 valence electrons. The van der Waals surface area contributed by atoms with E-state index in [1.54, 1.807) is 0 Å². The highest BCUT2D eigenvalue weighted by Crippen LogP contribution is 2.34. The molecule has 3 heterocycles. The molecule has 0 aromatic carbocycles. The maximum absolute atomic E-state index is 12.7. The largest absolute Gasteiger partial charge is 0.397 e. The van der Waals surface area contributed by atoms with Gasteiger partial charge in [-0.3, -0.25) is 9.59 Å². The van der Waals surface area contributed by atoms with Crippen LogP contribution < -0.4 is 11.1 Å². The quantitative estimate of drug-likeness (QED) is 0.740. The third-order valence-corrected chi connectivity index (χ3v) is 6.30. The summed E-state index contributed by atoms with van der Waals surface area (Å²) in [7, 11) is 0. The van der Waals surface area contributed by atoms with Gasteiger partial charge in [0, 0.05) is 30.9 Å². The molecular weight excluding hydrogens is 362 g/mol. The predicted octanol–water partition coefficient (Wildman–Crippen LogP) is 2.80. The van der Waals surface area contributed by atoms with Gasteiger partial charge in [-0.2, -0.15) is 5.10 Å². The van der Waals surface area contributed by atoms with E-state index < -0.39 is 0 Å². The molecule has 0 spiro atoms. The van der Waals surface area contributed by atoms with Crippen molar-refractivity contribution in [3.8, 4) is 0 Å². The summed E-state index contributed by atoms with van der Waals surface area (Å²) in [5.74, 6) is -0.0132. The lowest BCUT2D eigenvalue weighted by molar-refractivity contribution is -0.130. The van der Waals surface area contributed by atoms with Gasteiger partial charge in [-0.1, -0.05) is 19.8 Å². The summed E-state index contributed by atoms with van der Waals surface area (Å²) < 4.78 is 0. The van der Waals surface area contributed by atoms with E-state index in [1.165, 1.54) is 11.3 Å². The summed E-state index contributed by atoms with van der Waals surface area (Å²) in [5.41, 5.74) is 8.48. The second-order valence-corrected chi connectivity index (χ2v) is 8.19. The summed E-state index contributed by atoms with van der Waals surface area (Å²) in [6.45, 7) is 7.21. The van der Waals surface area contributed by atoms with E-state index >= 15 is 0 Å². The van der Waals surface area contributed by atoms with Crippen LogP contribution in [0.4, 0.5) is 5.69 Å². The van der Waals surface area contributed by atoms with Crippen molar-refractivity contribution < 1.29 is 9.59 Å². The minimum absolute atomic E-state index is 0.0360. The van der Waals surface area contributed by atoms with E-state index in [4.69, 9.17) is 5.73 Å². The Balaban J connectivity index is 1.65. The van der Waals surface area contributed by atoms with E-state index in [9.17, 15) is 9.59 Å². The Labute approximate surface area is 163 Å². The van der Waals surface area contributed by atoms with Gasteiger partial charge in [-0.15, -0.1) is 16.4 Å². The Morgan fingerprint density at radius 3 is 2.81 bits per heavy atom. The minimum Gasteiger partial charge on any atom is -0.397 e. The number of nitrogen functional groups attached to an aromatic ring is 1. The molecule has 2 aromatic heterocycles. The highest BCUT2D eigenvalue weighted by atomic mass is 32.1. The van der Waals surface area contributed by atoms with Crippen LogP contribution in [0.1, 0.15) is 60.0 Å². The van der Waals surface area contributed by atoms with Gasteiger partial charge in [0.1, 0.15) is 9.71 Å². The Morgan fingerprint density at radius 2 is 2.07 bits per heavy atom. The molecule has 1 saturated heterocycles. The number of likely N-dealkylation sites (tertiary alicyclic amines) is 1. The third-order valence-electron chi connectivity index (χ3n) is 5.21. The molecular formula is C19H27N5O2S. The maximum atomic E-state index is 12.7. The van der Waals surface area contributed by atoms with Gasteiger partial charge >= 0.3 is 0 Å². The lowest BCUT2D eigenvalue weighted by Crippen LogP contribution is -2.38. The van der Waals surface area contributed by atoms with Crippen molar-refractivity contribution in [2.24, 2.45) is 0 Å². The van der Waals surface area contributed by atoms with Crippen LogP contribution >= 0.6 is 11.3 Å². The molecule has 27 heavy (non-hydrogen) atoms. The van der Waals surface area contributed by atoms with Crippen LogP contribution in [0.25, 0.3) is 10.2 Å². The number of aryl methyl sites for hydroxylation is 2. The number of fused-ring (bicyclic) bond motifs is 1. The summed E-state index contributed by atoms with van der Waals surface area (Å²) in [6.07, 6.45) is 4.47. The maximum Gasteiger partial charge on any atom is 0.263 e. The molecule has 0 bridgehead atoms. The fraction of sp³-hybridized carbons (Fsp3) is 0.579. The topological polar surface area (TPSA) is 101 Å². The first kappa shape index (κ1) is 19.5. The first-order valence-corrected chi connectivity index (χ1v) is 10.3. The van der Waals surface area contributed by atoms with Crippen LogP contribution in [0.5, 0.6) is 0 Å². The monoisotopic (exact) mass is 389 g/mol. The molecule has 1 atom stereocenters. The number of aromatic nitrogens is 2. The average Bonchev–Trinajstić information content (AvgIpc) is 3.23. The summed E-state index contributed by atoms with van der Waals surface area (Å²) in [5, 5.41) is 12.1. The van der Waals surface area contributed by atoms with Crippen molar-refractivity contribution in [3.63, 3.8) is 0 Å². The summed E-state index contributed by atoms with van der Waals surface area (Å²) in [6, 6.07) is -0.0360. The second-order valence-electron chi connectivity index (χ2n) is 7.19. The van der Waals surface area contributed by atoms with Crippen molar-refractivity contribution in [2.45, 2.75) is 58.9 Å². The number of nitrogens with one attached hydrogen (secondary N) is 1. The standard InChI is InChI=1S/C19H27N5O2S/c1-4-5-6-7-14(25)24-9-8-13(10-24)21-18(26)17-16(20)15-11(2)12(3)22-23-19(15)27-17/h13H,4-10,20H2,1-3H3,(H,21,26). The molecule has 1 aliphatic heterocycles. The Morgan fingerprint density at radius 1 is 1.30 bits per heavy atom. The second kappa shape index (κ2) is 8.21.